The number of hydrogen-bond acceptors (Lipinski definition) is 4. The van der Waals surface area contributed by atoms with Gasteiger partial charge in [-0.15, -0.1) is 12.6 Å². The van der Waals surface area contributed by atoms with Gasteiger partial charge in [0.2, 0.25) is 0 Å². The van der Waals surface area contributed by atoms with E-state index in [9.17, 15) is 10.1 Å². The number of carbonyl (C=O) groups is 1. The fourth-order valence-corrected chi connectivity index (χ4v) is 3.62. The molecular weight excluding hydrogens is 342 g/mol. The van der Waals surface area contributed by atoms with Gasteiger partial charge in [0.1, 0.15) is 17.8 Å². The molecule has 4 rings (SSSR count). The Morgan fingerprint density at radius 2 is 1.65 bits per heavy atom. The maximum atomic E-state index is 12.4. The molecule has 0 spiro atoms. The Balaban J connectivity index is 1.98. The lowest BCUT2D eigenvalue weighted by Crippen LogP contribution is -2.46. The lowest BCUT2D eigenvalue weighted by Gasteiger charge is -2.38. The lowest BCUT2D eigenvalue weighted by molar-refractivity contribution is -0.118. The van der Waals surface area contributed by atoms with Crippen LogP contribution in [0.15, 0.2) is 83.4 Å². The molecule has 3 aromatic carbocycles. The van der Waals surface area contributed by atoms with Crippen LogP contribution in [0.3, 0.4) is 0 Å². The summed E-state index contributed by atoms with van der Waals surface area (Å²) in [5.41, 5.74) is 1.81. The minimum Gasteiger partial charge on any atom is -0.327 e. The summed E-state index contributed by atoms with van der Waals surface area (Å²) >= 11 is 4.56. The standard InChI is InChI=1S/C21H15N3OS/c22-13-17-20(25)23-19(15-8-2-1-3-9-15)24(21(17)26)18-12-6-10-14-7-4-5-11-16(14)18/h1-12,19,26H,(H,23,25). The molecule has 1 heterocycles. The molecule has 5 heteroatoms. The number of rotatable bonds is 2. The fourth-order valence-electron chi connectivity index (χ4n) is 3.25. The molecule has 1 atom stereocenters. The van der Waals surface area contributed by atoms with E-state index in [1.165, 1.54) is 0 Å². The van der Waals surface area contributed by atoms with E-state index in [0.29, 0.717) is 5.03 Å². The van der Waals surface area contributed by atoms with Gasteiger partial charge in [0.05, 0.1) is 10.7 Å². The van der Waals surface area contributed by atoms with Gasteiger partial charge < -0.3 is 10.2 Å². The molecule has 126 valence electrons. The molecule has 1 N–H and O–H groups in total. The summed E-state index contributed by atoms with van der Waals surface area (Å²) in [4.78, 5) is 14.3. The first-order valence-electron chi connectivity index (χ1n) is 8.17. The number of nitrogens with one attached hydrogen (secondary N) is 1. The third-order valence-corrected chi connectivity index (χ3v) is 4.90. The van der Waals surface area contributed by atoms with Crippen LogP contribution in [0.1, 0.15) is 11.7 Å². The van der Waals surface area contributed by atoms with Crippen LogP contribution >= 0.6 is 12.6 Å². The highest BCUT2D eigenvalue weighted by atomic mass is 32.1. The molecule has 1 aliphatic heterocycles. The van der Waals surface area contributed by atoms with Crippen molar-refractivity contribution in [1.82, 2.24) is 5.32 Å². The SMILES string of the molecule is N#CC1=C(S)N(c2cccc3ccccc23)C(c2ccccc2)NC1=O. The molecule has 0 aromatic heterocycles. The van der Waals surface area contributed by atoms with Gasteiger partial charge in [-0.05, 0) is 17.0 Å². The van der Waals surface area contributed by atoms with Gasteiger partial charge in [0, 0.05) is 5.39 Å². The summed E-state index contributed by atoms with van der Waals surface area (Å²) in [6.45, 7) is 0. The second kappa shape index (κ2) is 6.58. The zero-order valence-corrected chi connectivity index (χ0v) is 14.6. The molecule has 1 amide bonds. The number of carbonyl (C=O) groups excluding carboxylic acids is 1. The number of nitrogens with zero attached hydrogens (tertiary/aromatic N) is 2. The van der Waals surface area contributed by atoms with Crippen molar-refractivity contribution in [2.75, 3.05) is 4.90 Å². The van der Waals surface area contributed by atoms with Crippen molar-refractivity contribution in [2.24, 2.45) is 0 Å². The van der Waals surface area contributed by atoms with Crippen molar-refractivity contribution in [3.8, 4) is 6.07 Å². The van der Waals surface area contributed by atoms with Gasteiger partial charge in [-0.2, -0.15) is 5.26 Å². The summed E-state index contributed by atoms with van der Waals surface area (Å²) in [6.07, 6.45) is -0.445. The molecule has 4 nitrogen and oxygen atoms in total. The number of anilines is 1. The smallest absolute Gasteiger partial charge is 0.266 e. The summed E-state index contributed by atoms with van der Waals surface area (Å²) in [5.74, 6) is -0.414. The van der Waals surface area contributed by atoms with Crippen molar-refractivity contribution in [1.29, 1.82) is 5.26 Å². The van der Waals surface area contributed by atoms with Crippen molar-refractivity contribution >= 4 is 35.0 Å². The second-order valence-corrected chi connectivity index (χ2v) is 6.39. The molecule has 1 unspecified atom stereocenters. The van der Waals surface area contributed by atoms with E-state index in [-0.39, 0.29) is 5.57 Å². The predicted molar refractivity (Wildman–Crippen MR) is 105 cm³/mol. The topological polar surface area (TPSA) is 56.1 Å². The number of nitriles is 1. The fraction of sp³-hybridized carbons (Fsp3) is 0.0476. The van der Waals surface area contributed by atoms with E-state index < -0.39 is 12.1 Å². The van der Waals surface area contributed by atoms with E-state index in [1.807, 2.05) is 83.8 Å². The predicted octanol–water partition coefficient (Wildman–Crippen LogP) is 4.14. The molecule has 0 bridgehead atoms. The van der Waals surface area contributed by atoms with Gasteiger partial charge in [0.25, 0.3) is 5.91 Å². The summed E-state index contributed by atoms with van der Waals surface area (Å²) in [6, 6.07) is 25.6. The van der Waals surface area contributed by atoms with Gasteiger partial charge in [-0.3, -0.25) is 4.79 Å². The summed E-state index contributed by atoms with van der Waals surface area (Å²) in [5, 5.41) is 14.8. The molecule has 26 heavy (non-hydrogen) atoms. The van der Waals surface area contributed by atoms with E-state index >= 15 is 0 Å². The van der Waals surface area contributed by atoms with E-state index in [0.717, 1.165) is 22.0 Å². The maximum Gasteiger partial charge on any atom is 0.266 e. The van der Waals surface area contributed by atoms with Crippen LogP contribution in [-0.4, -0.2) is 5.91 Å². The van der Waals surface area contributed by atoms with Crippen molar-refractivity contribution in [2.45, 2.75) is 6.17 Å². The quantitative estimate of drug-likeness (QED) is 0.678. The Morgan fingerprint density at radius 1 is 0.962 bits per heavy atom. The first-order valence-corrected chi connectivity index (χ1v) is 8.61. The van der Waals surface area contributed by atoms with Gasteiger partial charge in [0.15, 0.2) is 0 Å². The number of amides is 1. The van der Waals surface area contributed by atoms with Crippen LogP contribution in [0.4, 0.5) is 5.69 Å². The zero-order valence-electron chi connectivity index (χ0n) is 13.8. The third kappa shape index (κ3) is 2.61. The van der Waals surface area contributed by atoms with Crippen LogP contribution in [0.25, 0.3) is 10.8 Å². The highest BCUT2D eigenvalue weighted by Crippen LogP contribution is 2.39. The average Bonchev–Trinajstić information content (AvgIpc) is 2.68. The largest absolute Gasteiger partial charge is 0.327 e. The minimum absolute atomic E-state index is 0.00782. The van der Waals surface area contributed by atoms with Crippen molar-refractivity contribution in [3.05, 3.63) is 89.0 Å². The maximum absolute atomic E-state index is 12.4. The first-order chi connectivity index (χ1) is 12.7. The van der Waals surface area contributed by atoms with Crippen molar-refractivity contribution in [3.63, 3.8) is 0 Å². The Morgan fingerprint density at radius 3 is 2.42 bits per heavy atom. The zero-order chi connectivity index (χ0) is 18.1. The van der Waals surface area contributed by atoms with E-state index in [2.05, 4.69) is 17.9 Å². The Hall–Kier alpha value is -3.23. The van der Waals surface area contributed by atoms with Gasteiger partial charge >= 0.3 is 0 Å². The highest BCUT2D eigenvalue weighted by molar-refractivity contribution is 7.84. The molecule has 3 aromatic rings. The van der Waals surface area contributed by atoms with Crippen LogP contribution < -0.4 is 10.2 Å². The molecule has 0 radical (unpaired) electrons. The third-order valence-electron chi connectivity index (χ3n) is 4.46. The molecule has 1 aliphatic rings. The monoisotopic (exact) mass is 357 g/mol. The second-order valence-electron chi connectivity index (χ2n) is 5.97. The Bertz CT molecular complexity index is 1060. The summed E-state index contributed by atoms with van der Waals surface area (Å²) < 4.78 is 0. The molecular formula is C21H15N3OS. The normalized spacial score (nSPS) is 17.2. The van der Waals surface area contributed by atoms with Gasteiger partial charge in [-0.25, -0.2) is 0 Å². The molecule has 0 saturated carbocycles. The number of fused-ring (bicyclic) bond motifs is 1. The number of hydrogen-bond donors (Lipinski definition) is 2. The first kappa shape index (κ1) is 16.2. The average molecular weight is 357 g/mol. The molecule has 0 fully saturated rings. The molecule has 0 saturated heterocycles. The van der Waals surface area contributed by atoms with Crippen LogP contribution in [0.2, 0.25) is 0 Å². The van der Waals surface area contributed by atoms with E-state index in [4.69, 9.17) is 0 Å². The number of thiol groups is 1. The van der Waals surface area contributed by atoms with E-state index in [1.54, 1.807) is 0 Å². The minimum atomic E-state index is -0.445. The summed E-state index contributed by atoms with van der Waals surface area (Å²) in [7, 11) is 0. The van der Waals surface area contributed by atoms with Gasteiger partial charge in [-0.1, -0.05) is 66.7 Å². The lowest BCUT2D eigenvalue weighted by atomic mass is 10.0. The van der Waals surface area contributed by atoms with Crippen molar-refractivity contribution < 1.29 is 4.79 Å². The Labute approximate surface area is 156 Å². The van der Waals surface area contributed by atoms with Crippen LogP contribution in [0.5, 0.6) is 0 Å². The highest BCUT2D eigenvalue weighted by Gasteiger charge is 2.34. The number of benzene rings is 3. The van der Waals surface area contributed by atoms with Crippen LogP contribution in [0, 0.1) is 11.3 Å². The van der Waals surface area contributed by atoms with Crippen LogP contribution in [-0.2, 0) is 4.79 Å². The Kier molecular flexibility index (Phi) is 4.11. The molecule has 0 aliphatic carbocycles.